The molecule has 2 N–H and O–H groups in total. The molecular weight excluding hydrogens is 661 g/mol. The SMILES string of the molecule is O=C(O)C(F)(F)F.O=C([C@H]1CCCN1C(=O)[C@@H]1CCCN1C(=O)CC(c1ccccc1)(c1ccccc1)c1ccccc1)N1CC2CNCC2C1. The molecule has 270 valence electrons. The molecule has 12 heteroatoms. The maximum Gasteiger partial charge on any atom is 0.490 e. The minimum Gasteiger partial charge on any atom is -0.475 e. The summed E-state index contributed by atoms with van der Waals surface area (Å²) in [5.41, 5.74) is 2.42. The van der Waals surface area contributed by atoms with E-state index in [-0.39, 0.29) is 24.1 Å². The highest BCUT2D eigenvalue weighted by Gasteiger charge is 2.47. The monoisotopic (exact) mass is 704 g/mol. The third-order valence-corrected chi connectivity index (χ3v) is 10.8. The van der Waals surface area contributed by atoms with Crippen molar-refractivity contribution >= 4 is 23.7 Å². The summed E-state index contributed by atoms with van der Waals surface area (Å²) in [6, 6.07) is 29.8. The van der Waals surface area contributed by atoms with Gasteiger partial charge in [0.1, 0.15) is 12.1 Å². The van der Waals surface area contributed by atoms with E-state index in [4.69, 9.17) is 9.90 Å². The molecule has 9 nitrogen and oxygen atoms in total. The molecule has 4 saturated heterocycles. The van der Waals surface area contributed by atoms with Crippen LogP contribution >= 0.6 is 0 Å². The molecule has 4 heterocycles. The summed E-state index contributed by atoms with van der Waals surface area (Å²) in [7, 11) is 0. The van der Waals surface area contributed by atoms with E-state index in [1.807, 2.05) is 69.3 Å². The normalized spacial score (nSPS) is 23.1. The number of aliphatic carboxylic acids is 1. The number of likely N-dealkylation sites (tertiary alicyclic amines) is 3. The quantitative estimate of drug-likeness (QED) is 0.345. The van der Waals surface area contributed by atoms with Gasteiger partial charge in [0.15, 0.2) is 0 Å². The van der Waals surface area contributed by atoms with Crippen LogP contribution in [0.15, 0.2) is 91.0 Å². The summed E-state index contributed by atoms with van der Waals surface area (Å²) in [4.78, 5) is 57.0. The van der Waals surface area contributed by atoms with Crippen molar-refractivity contribution in [3.63, 3.8) is 0 Å². The Morgan fingerprint density at radius 1 is 0.667 bits per heavy atom. The Balaban J connectivity index is 0.000000582. The zero-order chi connectivity index (χ0) is 36.2. The van der Waals surface area contributed by atoms with Crippen molar-refractivity contribution in [3.05, 3.63) is 108 Å². The Hall–Kier alpha value is -4.71. The van der Waals surface area contributed by atoms with E-state index in [1.165, 1.54) is 0 Å². The van der Waals surface area contributed by atoms with Crippen LogP contribution in [-0.4, -0.2) is 101 Å². The van der Waals surface area contributed by atoms with Crippen molar-refractivity contribution in [2.24, 2.45) is 11.8 Å². The summed E-state index contributed by atoms with van der Waals surface area (Å²) in [6.07, 6.45) is -1.93. The maximum absolute atomic E-state index is 14.5. The summed E-state index contributed by atoms with van der Waals surface area (Å²) in [5.74, 6) is -1.71. The molecule has 2 unspecified atom stereocenters. The van der Waals surface area contributed by atoms with Gasteiger partial charge in [-0.3, -0.25) is 14.4 Å². The van der Waals surface area contributed by atoms with Crippen LogP contribution in [0, 0.1) is 11.8 Å². The average molecular weight is 705 g/mol. The highest BCUT2D eigenvalue weighted by Crippen LogP contribution is 2.43. The number of hydrogen-bond acceptors (Lipinski definition) is 5. The summed E-state index contributed by atoms with van der Waals surface area (Å²) in [6.45, 7) is 4.64. The van der Waals surface area contributed by atoms with Crippen LogP contribution in [0.5, 0.6) is 0 Å². The molecule has 4 fully saturated rings. The molecule has 0 saturated carbocycles. The van der Waals surface area contributed by atoms with Gasteiger partial charge in [-0.2, -0.15) is 13.2 Å². The molecule has 3 aromatic rings. The number of hydrogen-bond donors (Lipinski definition) is 2. The van der Waals surface area contributed by atoms with Crippen molar-refractivity contribution < 1.29 is 37.5 Å². The fourth-order valence-electron chi connectivity index (χ4n) is 8.35. The van der Waals surface area contributed by atoms with Gasteiger partial charge in [0.25, 0.3) is 0 Å². The number of nitrogens with one attached hydrogen (secondary N) is 1. The van der Waals surface area contributed by atoms with Crippen molar-refractivity contribution in [2.75, 3.05) is 39.3 Å². The van der Waals surface area contributed by atoms with Crippen molar-refractivity contribution in [1.82, 2.24) is 20.0 Å². The second-order valence-corrected chi connectivity index (χ2v) is 13.8. The predicted octanol–water partition coefficient (Wildman–Crippen LogP) is 4.70. The van der Waals surface area contributed by atoms with Gasteiger partial charge in [-0.15, -0.1) is 0 Å². The van der Waals surface area contributed by atoms with Gasteiger partial charge < -0.3 is 25.1 Å². The topological polar surface area (TPSA) is 110 Å². The number of carbonyl (C=O) groups excluding carboxylic acids is 3. The molecule has 7 rings (SSSR count). The van der Waals surface area contributed by atoms with Crippen LogP contribution in [0.2, 0.25) is 0 Å². The fraction of sp³-hybridized carbons (Fsp3) is 0.436. The van der Waals surface area contributed by atoms with E-state index in [9.17, 15) is 27.6 Å². The Labute approximate surface area is 295 Å². The van der Waals surface area contributed by atoms with Gasteiger partial charge in [0.05, 0.1) is 5.41 Å². The number of alkyl halides is 3. The molecule has 0 aliphatic carbocycles. The predicted molar refractivity (Wildman–Crippen MR) is 183 cm³/mol. The lowest BCUT2D eigenvalue weighted by Crippen LogP contribution is -2.54. The fourth-order valence-corrected chi connectivity index (χ4v) is 8.35. The summed E-state index contributed by atoms with van der Waals surface area (Å²) in [5, 5.41) is 10.6. The summed E-state index contributed by atoms with van der Waals surface area (Å²) < 4.78 is 31.7. The molecule has 51 heavy (non-hydrogen) atoms. The lowest BCUT2D eigenvalue weighted by Gasteiger charge is -2.38. The third kappa shape index (κ3) is 7.51. The zero-order valence-corrected chi connectivity index (χ0v) is 28.3. The van der Waals surface area contributed by atoms with Crippen molar-refractivity contribution in [2.45, 2.75) is 55.8 Å². The first-order valence-electron chi connectivity index (χ1n) is 17.6. The minimum atomic E-state index is -5.08. The number of rotatable bonds is 7. The average Bonchev–Trinajstić information content (AvgIpc) is 3.96. The molecule has 0 spiro atoms. The lowest BCUT2D eigenvalue weighted by atomic mass is 9.67. The molecule has 3 aromatic carbocycles. The number of amides is 3. The molecule has 3 amide bonds. The first-order valence-corrected chi connectivity index (χ1v) is 17.6. The molecular formula is C39H43F3N4O5. The highest BCUT2D eigenvalue weighted by molar-refractivity contribution is 5.93. The van der Waals surface area contributed by atoms with Gasteiger partial charge in [-0.1, -0.05) is 91.0 Å². The van der Waals surface area contributed by atoms with E-state index < -0.39 is 29.6 Å². The first-order chi connectivity index (χ1) is 24.5. The highest BCUT2D eigenvalue weighted by atomic mass is 19.4. The number of fused-ring (bicyclic) bond motifs is 1. The van der Waals surface area contributed by atoms with Gasteiger partial charge in [0, 0.05) is 45.7 Å². The molecule has 0 bridgehead atoms. The van der Waals surface area contributed by atoms with Crippen molar-refractivity contribution in [3.8, 4) is 0 Å². The Morgan fingerprint density at radius 3 is 1.51 bits per heavy atom. The standard InChI is InChI=1S/C37H42N4O3.C2HF3O2/c42-34(22-37(29-12-4-1-5-13-29,30-14-6-2-7-15-30)31-16-8-3-9-17-31)40-20-10-19-33(40)36(44)41-21-11-18-32(41)35(43)39-25-27-23-38-24-28(27)26-39;3-2(4,5)1(6)7/h1-9,12-17,27-28,32-33,38H,10-11,18-26H2;(H,6,7)/t27?,28?,32-,33+;/m1./s1. The molecule has 0 radical (unpaired) electrons. The number of carbonyl (C=O) groups is 4. The Kier molecular flexibility index (Phi) is 10.8. The zero-order valence-electron chi connectivity index (χ0n) is 28.3. The molecule has 4 atom stereocenters. The van der Waals surface area contributed by atoms with Gasteiger partial charge in [0.2, 0.25) is 17.7 Å². The summed E-state index contributed by atoms with van der Waals surface area (Å²) >= 11 is 0. The van der Waals surface area contributed by atoms with Crippen LogP contribution in [-0.2, 0) is 24.6 Å². The van der Waals surface area contributed by atoms with Gasteiger partial charge in [-0.05, 0) is 54.2 Å². The lowest BCUT2D eigenvalue weighted by molar-refractivity contribution is -0.192. The third-order valence-electron chi connectivity index (χ3n) is 10.8. The molecule has 0 aromatic heterocycles. The second-order valence-electron chi connectivity index (χ2n) is 13.8. The van der Waals surface area contributed by atoms with Crippen LogP contribution < -0.4 is 5.32 Å². The largest absolute Gasteiger partial charge is 0.490 e. The van der Waals surface area contributed by atoms with Crippen LogP contribution in [0.1, 0.15) is 48.8 Å². The van der Waals surface area contributed by atoms with E-state index >= 15 is 0 Å². The molecule has 4 aliphatic heterocycles. The van der Waals surface area contributed by atoms with E-state index in [0.717, 1.165) is 55.7 Å². The number of nitrogens with zero attached hydrogens (tertiary/aromatic N) is 3. The van der Waals surface area contributed by atoms with E-state index in [0.29, 0.717) is 37.8 Å². The second kappa shape index (κ2) is 15.3. The number of benzene rings is 3. The number of carboxylic acids is 1. The van der Waals surface area contributed by atoms with Crippen LogP contribution in [0.3, 0.4) is 0 Å². The molecule has 4 aliphatic rings. The van der Waals surface area contributed by atoms with Gasteiger partial charge in [-0.25, -0.2) is 4.79 Å². The minimum absolute atomic E-state index is 0.0284. The van der Waals surface area contributed by atoms with Crippen LogP contribution in [0.25, 0.3) is 0 Å². The van der Waals surface area contributed by atoms with E-state index in [2.05, 4.69) is 41.7 Å². The number of carboxylic acid groups (broad SMARTS) is 1. The van der Waals surface area contributed by atoms with E-state index in [1.54, 1.807) is 0 Å². The smallest absolute Gasteiger partial charge is 0.475 e. The first kappa shape index (κ1) is 36.1. The maximum atomic E-state index is 14.5. The Bertz CT molecular complexity index is 1580. The van der Waals surface area contributed by atoms with Gasteiger partial charge >= 0.3 is 12.1 Å². The van der Waals surface area contributed by atoms with Crippen LogP contribution in [0.4, 0.5) is 13.2 Å². The Morgan fingerprint density at radius 2 is 1.08 bits per heavy atom. The van der Waals surface area contributed by atoms with Crippen molar-refractivity contribution in [1.29, 1.82) is 0 Å². The number of halogens is 3.